The number of hydrogen-bond donors (Lipinski definition) is 5. The van der Waals surface area contributed by atoms with Gasteiger partial charge in [0, 0.05) is 24.0 Å². The second-order valence-electron chi connectivity index (χ2n) is 8.20. The van der Waals surface area contributed by atoms with Crippen LogP contribution in [0.1, 0.15) is 57.8 Å². The zero-order chi connectivity index (χ0) is 17.2. The van der Waals surface area contributed by atoms with E-state index in [1.54, 1.807) is 0 Å². The van der Waals surface area contributed by atoms with Crippen molar-refractivity contribution < 1.29 is 9.59 Å². The predicted molar refractivity (Wildman–Crippen MR) is 94.2 cm³/mol. The van der Waals surface area contributed by atoms with Crippen LogP contribution in [0.3, 0.4) is 0 Å². The standard InChI is InChI=1S/C18H31N5O2/c24-17(11-4-1-5-11)21-13-7-2-6-12(10-13)20-16-15-14(8-3-9-19-15)18(25)23-22-16/h11-16,19-20,22H,1-10H2,(H,21,24)(H,23,25). The van der Waals surface area contributed by atoms with Gasteiger partial charge in [-0.2, -0.15) is 0 Å². The average Bonchev–Trinajstić information content (AvgIpc) is 2.56. The minimum Gasteiger partial charge on any atom is -0.353 e. The summed E-state index contributed by atoms with van der Waals surface area (Å²) < 4.78 is 0. The minimum absolute atomic E-state index is 0.0465. The molecule has 2 heterocycles. The van der Waals surface area contributed by atoms with Gasteiger partial charge in [-0.25, -0.2) is 5.43 Å². The third-order valence-corrected chi connectivity index (χ3v) is 6.46. The normalized spacial score (nSPS) is 39.0. The van der Waals surface area contributed by atoms with Crippen LogP contribution in [0, 0.1) is 11.8 Å². The number of hydrogen-bond acceptors (Lipinski definition) is 5. The van der Waals surface area contributed by atoms with Gasteiger partial charge in [-0.3, -0.25) is 20.3 Å². The van der Waals surface area contributed by atoms with Crippen LogP contribution >= 0.6 is 0 Å². The Balaban J connectivity index is 1.30. The molecule has 2 saturated heterocycles. The second kappa shape index (κ2) is 7.60. The molecule has 4 rings (SSSR count). The molecule has 0 radical (unpaired) electrons. The van der Waals surface area contributed by atoms with Crippen molar-refractivity contribution in [2.45, 2.75) is 82.1 Å². The first-order valence-corrected chi connectivity index (χ1v) is 10.1. The monoisotopic (exact) mass is 349 g/mol. The van der Waals surface area contributed by atoms with Gasteiger partial charge in [-0.05, 0) is 57.9 Å². The molecule has 0 bridgehead atoms. The Hall–Kier alpha value is -1.18. The molecule has 140 valence electrons. The van der Waals surface area contributed by atoms with E-state index in [-0.39, 0.29) is 41.9 Å². The molecule has 2 amide bonds. The molecular weight excluding hydrogens is 318 g/mol. The van der Waals surface area contributed by atoms with E-state index >= 15 is 0 Å². The molecule has 2 aliphatic carbocycles. The topological polar surface area (TPSA) is 94.3 Å². The van der Waals surface area contributed by atoms with Gasteiger partial charge in [-0.1, -0.05) is 6.42 Å². The summed E-state index contributed by atoms with van der Waals surface area (Å²) >= 11 is 0. The third kappa shape index (κ3) is 3.83. The van der Waals surface area contributed by atoms with Crippen molar-refractivity contribution in [2.75, 3.05) is 6.54 Å². The highest BCUT2D eigenvalue weighted by molar-refractivity contribution is 5.80. The SMILES string of the molecule is O=C(NC1CCCC(NC2NNC(=O)C3CCCNC23)C1)C1CCC1. The summed E-state index contributed by atoms with van der Waals surface area (Å²) in [5.41, 5.74) is 5.98. The van der Waals surface area contributed by atoms with E-state index in [0.717, 1.165) is 57.9 Å². The first kappa shape index (κ1) is 17.2. The molecule has 2 saturated carbocycles. The van der Waals surface area contributed by atoms with Crippen molar-refractivity contribution in [1.82, 2.24) is 26.8 Å². The summed E-state index contributed by atoms with van der Waals surface area (Å²) in [7, 11) is 0. The Morgan fingerprint density at radius 3 is 2.60 bits per heavy atom. The molecule has 2 aliphatic heterocycles. The number of rotatable bonds is 4. The molecule has 5 N–H and O–H groups in total. The van der Waals surface area contributed by atoms with Crippen molar-refractivity contribution in [3.8, 4) is 0 Å². The van der Waals surface area contributed by atoms with Gasteiger partial charge in [0.15, 0.2) is 0 Å². The Morgan fingerprint density at radius 1 is 1.00 bits per heavy atom. The second-order valence-corrected chi connectivity index (χ2v) is 8.20. The van der Waals surface area contributed by atoms with Crippen LogP contribution in [0.25, 0.3) is 0 Å². The maximum atomic E-state index is 12.2. The maximum Gasteiger partial charge on any atom is 0.238 e. The highest BCUT2D eigenvalue weighted by Gasteiger charge is 2.41. The van der Waals surface area contributed by atoms with Crippen molar-refractivity contribution in [3.05, 3.63) is 0 Å². The summed E-state index contributed by atoms with van der Waals surface area (Å²) in [5.74, 6) is 0.666. The lowest BCUT2D eigenvalue weighted by Crippen LogP contribution is -2.72. The molecule has 0 aromatic carbocycles. The highest BCUT2D eigenvalue weighted by Crippen LogP contribution is 2.28. The van der Waals surface area contributed by atoms with Gasteiger partial charge in [0.25, 0.3) is 0 Å². The smallest absolute Gasteiger partial charge is 0.238 e. The van der Waals surface area contributed by atoms with E-state index in [4.69, 9.17) is 0 Å². The molecule has 0 aromatic heterocycles. The molecule has 0 aromatic rings. The molecule has 5 atom stereocenters. The highest BCUT2D eigenvalue weighted by atomic mass is 16.2. The molecule has 0 spiro atoms. The minimum atomic E-state index is 0.0465. The molecule has 7 heteroatoms. The van der Waals surface area contributed by atoms with Crippen LogP contribution in [-0.4, -0.2) is 42.7 Å². The lowest BCUT2D eigenvalue weighted by molar-refractivity contribution is -0.132. The lowest BCUT2D eigenvalue weighted by atomic mass is 9.83. The Morgan fingerprint density at radius 2 is 1.80 bits per heavy atom. The summed E-state index contributed by atoms with van der Waals surface area (Å²) in [6, 6.07) is 0.803. The fourth-order valence-electron chi connectivity index (χ4n) is 4.75. The summed E-state index contributed by atoms with van der Waals surface area (Å²) in [5, 5.41) is 10.5. The Bertz CT molecular complexity index is 510. The van der Waals surface area contributed by atoms with Crippen molar-refractivity contribution in [3.63, 3.8) is 0 Å². The van der Waals surface area contributed by atoms with Crippen LogP contribution in [0.2, 0.25) is 0 Å². The molecule has 4 fully saturated rings. The van der Waals surface area contributed by atoms with Gasteiger partial charge in [0.05, 0.1) is 12.1 Å². The first-order chi connectivity index (χ1) is 12.2. The molecule has 7 nitrogen and oxygen atoms in total. The summed E-state index contributed by atoms with van der Waals surface area (Å²) in [6.45, 7) is 0.971. The van der Waals surface area contributed by atoms with E-state index in [0.29, 0.717) is 6.04 Å². The van der Waals surface area contributed by atoms with E-state index in [9.17, 15) is 9.59 Å². The van der Waals surface area contributed by atoms with Gasteiger partial charge < -0.3 is 10.6 Å². The Kier molecular flexibility index (Phi) is 5.24. The number of fused-ring (bicyclic) bond motifs is 1. The van der Waals surface area contributed by atoms with Gasteiger partial charge >= 0.3 is 0 Å². The van der Waals surface area contributed by atoms with Crippen molar-refractivity contribution >= 4 is 11.8 Å². The molecule has 4 aliphatic rings. The van der Waals surface area contributed by atoms with Crippen LogP contribution in [0.4, 0.5) is 0 Å². The van der Waals surface area contributed by atoms with E-state index in [1.165, 1.54) is 6.42 Å². The molecule has 25 heavy (non-hydrogen) atoms. The fraction of sp³-hybridized carbons (Fsp3) is 0.889. The summed E-state index contributed by atoms with van der Waals surface area (Å²) in [6.07, 6.45) is 9.68. The summed E-state index contributed by atoms with van der Waals surface area (Å²) in [4.78, 5) is 24.3. The molecular formula is C18H31N5O2. The Labute approximate surface area is 149 Å². The predicted octanol–water partition coefficient (Wildman–Crippen LogP) is 0.132. The van der Waals surface area contributed by atoms with Crippen LogP contribution in [0.15, 0.2) is 0 Å². The number of carbonyl (C=O) groups is 2. The largest absolute Gasteiger partial charge is 0.353 e. The molecule has 5 unspecified atom stereocenters. The number of amides is 2. The third-order valence-electron chi connectivity index (χ3n) is 6.46. The zero-order valence-electron chi connectivity index (χ0n) is 14.9. The quantitative estimate of drug-likeness (QED) is 0.497. The fourth-order valence-corrected chi connectivity index (χ4v) is 4.75. The number of nitrogens with one attached hydrogen (secondary N) is 5. The van der Waals surface area contributed by atoms with Gasteiger partial charge in [0.2, 0.25) is 11.8 Å². The van der Waals surface area contributed by atoms with Crippen molar-refractivity contribution in [1.29, 1.82) is 0 Å². The van der Waals surface area contributed by atoms with Crippen LogP contribution < -0.4 is 26.8 Å². The maximum absolute atomic E-state index is 12.2. The number of piperidine rings is 1. The van der Waals surface area contributed by atoms with E-state index in [1.807, 2.05) is 0 Å². The lowest BCUT2D eigenvalue weighted by Gasteiger charge is -2.44. The van der Waals surface area contributed by atoms with Gasteiger partial charge in [0.1, 0.15) is 0 Å². The van der Waals surface area contributed by atoms with Crippen molar-refractivity contribution in [2.24, 2.45) is 11.8 Å². The number of hydrazine groups is 1. The first-order valence-electron chi connectivity index (χ1n) is 10.1. The zero-order valence-corrected chi connectivity index (χ0v) is 14.9. The number of carbonyl (C=O) groups excluding carboxylic acids is 2. The average molecular weight is 349 g/mol. The van der Waals surface area contributed by atoms with E-state index < -0.39 is 0 Å². The van der Waals surface area contributed by atoms with Crippen LogP contribution in [-0.2, 0) is 9.59 Å². The van der Waals surface area contributed by atoms with Crippen LogP contribution in [0.5, 0.6) is 0 Å². The van der Waals surface area contributed by atoms with Gasteiger partial charge in [-0.15, -0.1) is 0 Å². The van der Waals surface area contributed by atoms with E-state index in [2.05, 4.69) is 26.8 Å².